The second-order valence-corrected chi connectivity index (χ2v) is 5.70. The molecule has 2 atom stereocenters. The Hall–Kier alpha value is -2.34. The fourth-order valence-electron chi connectivity index (χ4n) is 2.64. The van der Waals surface area contributed by atoms with E-state index < -0.39 is 6.10 Å². The molecule has 1 aliphatic heterocycles. The summed E-state index contributed by atoms with van der Waals surface area (Å²) in [5, 5.41) is 10.6. The van der Waals surface area contributed by atoms with E-state index in [0.29, 0.717) is 6.42 Å². The van der Waals surface area contributed by atoms with Gasteiger partial charge in [-0.3, -0.25) is 9.48 Å². The number of nitrogens with one attached hydrogen (secondary N) is 2. The summed E-state index contributed by atoms with van der Waals surface area (Å²) >= 11 is 0. The van der Waals surface area contributed by atoms with Gasteiger partial charge in [0.1, 0.15) is 5.75 Å². The van der Waals surface area contributed by atoms with Crippen LogP contribution < -0.4 is 15.4 Å². The van der Waals surface area contributed by atoms with Crippen LogP contribution in [-0.4, -0.2) is 28.3 Å². The van der Waals surface area contributed by atoms with Gasteiger partial charge in [0.15, 0.2) is 6.10 Å². The van der Waals surface area contributed by atoms with E-state index in [0.717, 1.165) is 30.1 Å². The summed E-state index contributed by atoms with van der Waals surface area (Å²) in [4.78, 5) is 11.8. The third kappa shape index (κ3) is 3.53. The van der Waals surface area contributed by atoms with Crippen LogP contribution in [0.15, 0.2) is 36.7 Å². The Morgan fingerprint density at radius 3 is 3.09 bits per heavy atom. The van der Waals surface area contributed by atoms with Crippen molar-refractivity contribution in [2.24, 2.45) is 0 Å². The van der Waals surface area contributed by atoms with Gasteiger partial charge in [0, 0.05) is 25.0 Å². The van der Waals surface area contributed by atoms with Gasteiger partial charge in [0.2, 0.25) is 0 Å². The molecule has 0 saturated heterocycles. The predicted molar refractivity (Wildman–Crippen MR) is 88.4 cm³/mol. The Balaban J connectivity index is 1.63. The van der Waals surface area contributed by atoms with Crippen LogP contribution in [0.5, 0.6) is 5.75 Å². The molecule has 0 bridgehead atoms. The van der Waals surface area contributed by atoms with Crippen LogP contribution in [0.2, 0.25) is 0 Å². The molecule has 0 aliphatic carbocycles. The smallest absolute Gasteiger partial charge is 0.265 e. The first-order valence-electron chi connectivity index (χ1n) is 7.99. The summed E-state index contributed by atoms with van der Waals surface area (Å²) in [5.41, 5.74) is 1.88. The highest BCUT2D eigenvalue weighted by Gasteiger charge is 2.26. The average molecular weight is 314 g/mol. The van der Waals surface area contributed by atoms with Crippen molar-refractivity contribution < 1.29 is 9.53 Å². The zero-order chi connectivity index (χ0) is 16.2. The molecular weight excluding hydrogens is 292 g/mol. The number of amides is 1. The lowest BCUT2D eigenvalue weighted by molar-refractivity contribution is -0.123. The Bertz CT molecular complexity index is 669. The second kappa shape index (κ2) is 6.83. The number of carbonyl (C=O) groups excluding carboxylic acids is 1. The van der Waals surface area contributed by atoms with Gasteiger partial charge in [-0.05, 0) is 37.1 Å². The number of aromatic nitrogens is 2. The molecule has 2 aromatic rings. The normalized spacial score (nSPS) is 18.0. The minimum atomic E-state index is -0.402. The first-order valence-corrected chi connectivity index (χ1v) is 7.99. The van der Waals surface area contributed by atoms with Gasteiger partial charge >= 0.3 is 0 Å². The van der Waals surface area contributed by atoms with Crippen LogP contribution in [-0.2, 0) is 11.3 Å². The molecule has 122 valence electrons. The van der Waals surface area contributed by atoms with E-state index in [9.17, 15) is 4.79 Å². The van der Waals surface area contributed by atoms with Gasteiger partial charge in [0.25, 0.3) is 5.91 Å². The van der Waals surface area contributed by atoms with Crippen molar-refractivity contribution in [3.63, 3.8) is 0 Å². The van der Waals surface area contributed by atoms with E-state index in [1.807, 2.05) is 42.1 Å². The first-order chi connectivity index (χ1) is 11.2. The molecule has 1 amide bonds. The number of fused-ring (bicyclic) bond motifs is 1. The van der Waals surface area contributed by atoms with E-state index in [1.54, 1.807) is 6.20 Å². The number of nitrogens with zero attached hydrogens (tertiary/aromatic N) is 2. The number of anilines is 1. The first kappa shape index (κ1) is 15.6. The highest BCUT2D eigenvalue weighted by atomic mass is 16.5. The fraction of sp³-hybridized carbons (Fsp3) is 0.412. The molecule has 2 N–H and O–H groups in total. The average Bonchev–Trinajstić information content (AvgIpc) is 3.07. The summed E-state index contributed by atoms with van der Waals surface area (Å²) in [6, 6.07) is 8.03. The molecule has 23 heavy (non-hydrogen) atoms. The van der Waals surface area contributed by atoms with Crippen LogP contribution in [0, 0.1) is 0 Å². The minimum absolute atomic E-state index is 0.0712. The van der Waals surface area contributed by atoms with Gasteiger partial charge in [0.05, 0.1) is 12.2 Å². The lowest BCUT2D eigenvalue weighted by atomic mass is 10.1. The molecule has 2 heterocycles. The Labute approximate surface area is 135 Å². The lowest BCUT2D eigenvalue weighted by Gasteiger charge is -2.26. The van der Waals surface area contributed by atoms with Crippen LogP contribution in [0.4, 0.5) is 5.69 Å². The van der Waals surface area contributed by atoms with E-state index >= 15 is 0 Å². The molecule has 0 fully saturated rings. The van der Waals surface area contributed by atoms with Crippen LogP contribution >= 0.6 is 0 Å². The molecule has 1 aromatic heterocycles. The lowest BCUT2D eigenvalue weighted by Crippen LogP contribution is -2.36. The van der Waals surface area contributed by atoms with Crippen molar-refractivity contribution in [2.45, 2.75) is 39.0 Å². The molecule has 0 spiro atoms. The van der Waals surface area contributed by atoms with Crippen molar-refractivity contribution in [3.05, 3.63) is 42.2 Å². The summed E-state index contributed by atoms with van der Waals surface area (Å²) in [5.74, 6) is 0.674. The van der Waals surface area contributed by atoms with Crippen molar-refractivity contribution in [3.8, 4) is 5.75 Å². The van der Waals surface area contributed by atoms with Gasteiger partial charge in [-0.25, -0.2) is 0 Å². The highest BCUT2D eigenvalue weighted by molar-refractivity contribution is 5.97. The number of carbonyl (C=O) groups is 1. The third-order valence-corrected chi connectivity index (χ3v) is 4.05. The molecule has 0 radical (unpaired) electrons. The Morgan fingerprint density at radius 1 is 1.48 bits per heavy atom. The fourth-order valence-corrected chi connectivity index (χ4v) is 2.64. The van der Waals surface area contributed by atoms with Crippen molar-refractivity contribution in [1.82, 2.24) is 15.1 Å². The maximum atomic E-state index is 11.8. The van der Waals surface area contributed by atoms with Gasteiger partial charge in [-0.15, -0.1) is 0 Å². The number of rotatable bonds is 6. The highest BCUT2D eigenvalue weighted by Crippen LogP contribution is 2.32. The van der Waals surface area contributed by atoms with Gasteiger partial charge in [-0.1, -0.05) is 13.0 Å². The van der Waals surface area contributed by atoms with E-state index in [1.165, 1.54) is 0 Å². The van der Waals surface area contributed by atoms with Gasteiger partial charge in [-0.2, -0.15) is 5.10 Å². The Kier molecular flexibility index (Phi) is 4.62. The van der Waals surface area contributed by atoms with Crippen LogP contribution in [0.3, 0.4) is 0 Å². The summed E-state index contributed by atoms with van der Waals surface area (Å²) in [7, 11) is 0. The van der Waals surface area contributed by atoms with Crippen LogP contribution in [0.1, 0.15) is 31.9 Å². The SMILES string of the molecule is CC[C@H]1Oc2cc([C@H](C)NCCn3cccn3)ccc2NC1=O. The monoisotopic (exact) mass is 314 g/mol. The number of benzene rings is 1. The van der Waals surface area contributed by atoms with E-state index in [-0.39, 0.29) is 11.9 Å². The predicted octanol–water partition coefficient (Wildman–Crippen LogP) is 2.34. The second-order valence-electron chi connectivity index (χ2n) is 5.70. The molecule has 3 rings (SSSR count). The quantitative estimate of drug-likeness (QED) is 0.859. The number of hydrogen-bond acceptors (Lipinski definition) is 4. The number of ether oxygens (including phenoxy) is 1. The molecule has 0 unspecified atom stereocenters. The minimum Gasteiger partial charge on any atom is -0.478 e. The van der Waals surface area contributed by atoms with Crippen molar-refractivity contribution in [1.29, 1.82) is 0 Å². The summed E-state index contributed by atoms with van der Waals surface area (Å²) in [6.45, 7) is 5.71. The molecular formula is C17H22N4O2. The molecule has 6 heteroatoms. The molecule has 1 aromatic carbocycles. The third-order valence-electron chi connectivity index (χ3n) is 4.05. The van der Waals surface area contributed by atoms with Gasteiger partial charge < -0.3 is 15.4 Å². The molecule has 0 saturated carbocycles. The maximum Gasteiger partial charge on any atom is 0.265 e. The van der Waals surface area contributed by atoms with E-state index in [2.05, 4.69) is 22.7 Å². The zero-order valence-corrected chi connectivity index (χ0v) is 13.5. The molecule has 6 nitrogen and oxygen atoms in total. The summed E-state index contributed by atoms with van der Waals surface area (Å²) in [6.07, 6.45) is 3.99. The van der Waals surface area contributed by atoms with Crippen molar-refractivity contribution >= 4 is 11.6 Å². The van der Waals surface area contributed by atoms with Crippen LogP contribution in [0.25, 0.3) is 0 Å². The molecule has 1 aliphatic rings. The van der Waals surface area contributed by atoms with E-state index in [4.69, 9.17) is 4.74 Å². The largest absolute Gasteiger partial charge is 0.478 e. The Morgan fingerprint density at radius 2 is 2.35 bits per heavy atom. The summed E-state index contributed by atoms with van der Waals surface area (Å²) < 4.78 is 7.69. The topological polar surface area (TPSA) is 68.2 Å². The van der Waals surface area contributed by atoms with Crippen molar-refractivity contribution in [2.75, 3.05) is 11.9 Å². The standard InChI is InChI=1S/C17H22N4O2/c1-3-15-17(22)20-14-6-5-13(11-16(14)23-15)12(2)18-8-10-21-9-4-7-19-21/h4-7,9,11-12,15,18H,3,8,10H2,1-2H3,(H,20,22)/t12-,15+/m0/s1. The maximum absolute atomic E-state index is 11.8. The zero-order valence-electron chi connectivity index (χ0n) is 13.5. The number of hydrogen-bond donors (Lipinski definition) is 2.